The van der Waals surface area contributed by atoms with Gasteiger partial charge in [0, 0.05) is 22.8 Å². The Morgan fingerprint density at radius 1 is 0.935 bits per heavy atom. The molecule has 0 atom stereocenters. The molecule has 0 aliphatic rings. The summed E-state index contributed by atoms with van der Waals surface area (Å²) in [6.45, 7) is 3.64. The van der Waals surface area contributed by atoms with Crippen molar-refractivity contribution in [3.05, 3.63) is 89.6 Å². The molecule has 0 saturated carbocycles. The molecule has 0 unspecified atom stereocenters. The Morgan fingerprint density at radius 3 is 2.19 bits per heavy atom. The highest BCUT2D eigenvalue weighted by atomic mass is 16.5. The SMILES string of the molecule is CCOC(=O)c1ccc(-n2cc(C#N)c3cc(-c4ccc(C(C)=O)cc4)ccc32)cc1. The minimum Gasteiger partial charge on any atom is -0.462 e. The van der Waals surface area contributed by atoms with E-state index >= 15 is 0 Å². The lowest BCUT2D eigenvalue weighted by atomic mass is 10.0. The van der Waals surface area contributed by atoms with E-state index in [1.807, 2.05) is 59.2 Å². The first kappa shape index (κ1) is 20.1. The molecule has 0 bridgehead atoms. The van der Waals surface area contributed by atoms with Crippen molar-refractivity contribution in [2.45, 2.75) is 13.8 Å². The van der Waals surface area contributed by atoms with Gasteiger partial charge in [0.05, 0.1) is 23.3 Å². The number of ether oxygens (including phenoxy) is 1. The van der Waals surface area contributed by atoms with E-state index in [0.717, 1.165) is 27.7 Å². The monoisotopic (exact) mass is 408 g/mol. The summed E-state index contributed by atoms with van der Waals surface area (Å²) in [5, 5.41) is 10.5. The van der Waals surface area contributed by atoms with Crippen LogP contribution in [0.2, 0.25) is 0 Å². The minimum atomic E-state index is -0.357. The fourth-order valence-electron chi connectivity index (χ4n) is 3.58. The molecule has 0 spiro atoms. The van der Waals surface area contributed by atoms with Gasteiger partial charge in [0.1, 0.15) is 6.07 Å². The first-order chi connectivity index (χ1) is 15.0. The molecule has 0 fully saturated rings. The maximum absolute atomic E-state index is 11.9. The Labute approximate surface area is 180 Å². The standard InChI is InChI=1S/C26H20N2O3/c1-3-31-26(30)20-8-11-23(12-9-20)28-16-22(15-27)24-14-21(10-13-25(24)28)19-6-4-18(5-7-19)17(2)29/h4-14,16H,3H2,1-2H3. The molecule has 0 radical (unpaired) electrons. The maximum Gasteiger partial charge on any atom is 0.338 e. The maximum atomic E-state index is 11.9. The third kappa shape index (κ3) is 3.84. The fourth-order valence-corrected chi connectivity index (χ4v) is 3.58. The molecule has 4 aromatic rings. The average molecular weight is 408 g/mol. The molecule has 5 heteroatoms. The van der Waals surface area contributed by atoms with E-state index in [1.54, 1.807) is 32.2 Å². The predicted molar refractivity (Wildman–Crippen MR) is 119 cm³/mol. The zero-order valence-electron chi connectivity index (χ0n) is 17.3. The Kier molecular flexibility index (Phi) is 5.38. The van der Waals surface area contributed by atoms with Gasteiger partial charge >= 0.3 is 5.97 Å². The summed E-state index contributed by atoms with van der Waals surface area (Å²) in [6, 6.07) is 22.8. The summed E-state index contributed by atoms with van der Waals surface area (Å²) < 4.78 is 6.97. The second-order valence-corrected chi connectivity index (χ2v) is 7.16. The van der Waals surface area contributed by atoms with Gasteiger partial charge < -0.3 is 9.30 Å². The van der Waals surface area contributed by atoms with Crippen LogP contribution in [0.3, 0.4) is 0 Å². The highest BCUT2D eigenvalue weighted by Crippen LogP contribution is 2.30. The van der Waals surface area contributed by atoms with Gasteiger partial charge in [0.15, 0.2) is 5.78 Å². The topological polar surface area (TPSA) is 72.1 Å². The predicted octanol–water partition coefficient (Wildman–Crippen LogP) is 5.55. The molecule has 0 aliphatic heterocycles. The molecule has 0 aliphatic carbocycles. The first-order valence-electron chi connectivity index (χ1n) is 9.96. The lowest BCUT2D eigenvalue weighted by Crippen LogP contribution is -2.04. The molecule has 4 rings (SSSR count). The zero-order valence-corrected chi connectivity index (χ0v) is 17.3. The van der Waals surface area contributed by atoms with Gasteiger partial charge in [-0.1, -0.05) is 30.3 Å². The third-order valence-electron chi connectivity index (χ3n) is 5.21. The van der Waals surface area contributed by atoms with Crippen molar-refractivity contribution in [2.24, 2.45) is 0 Å². The van der Waals surface area contributed by atoms with Crippen LogP contribution in [-0.2, 0) is 4.74 Å². The quantitative estimate of drug-likeness (QED) is 0.321. The van der Waals surface area contributed by atoms with Crippen LogP contribution in [0.25, 0.3) is 27.7 Å². The van der Waals surface area contributed by atoms with E-state index in [0.29, 0.717) is 23.3 Å². The number of carbonyl (C=O) groups excluding carboxylic acids is 2. The molecule has 0 amide bonds. The van der Waals surface area contributed by atoms with E-state index in [4.69, 9.17) is 4.74 Å². The average Bonchev–Trinajstić information content (AvgIpc) is 3.17. The van der Waals surface area contributed by atoms with Crippen LogP contribution < -0.4 is 0 Å². The number of esters is 1. The van der Waals surface area contributed by atoms with Crippen LogP contribution in [0.15, 0.2) is 72.9 Å². The Morgan fingerprint density at radius 2 is 1.58 bits per heavy atom. The minimum absolute atomic E-state index is 0.0276. The number of rotatable bonds is 5. The molecule has 31 heavy (non-hydrogen) atoms. The molecule has 5 nitrogen and oxygen atoms in total. The number of nitriles is 1. The van der Waals surface area contributed by atoms with E-state index in [-0.39, 0.29) is 11.8 Å². The number of fused-ring (bicyclic) bond motifs is 1. The van der Waals surface area contributed by atoms with Gasteiger partial charge in [-0.3, -0.25) is 4.79 Å². The van der Waals surface area contributed by atoms with Crippen molar-refractivity contribution in [2.75, 3.05) is 6.61 Å². The van der Waals surface area contributed by atoms with Crippen LogP contribution in [-0.4, -0.2) is 22.9 Å². The summed E-state index contributed by atoms with van der Waals surface area (Å²) in [5.41, 5.74) is 5.39. The van der Waals surface area contributed by atoms with Crippen LogP contribution in [0.1, 0.15) is 40.1 Å². The highest BCUT2D eigenvalue weighted by Gasteiger charge is 2.13. The van der Waals surface area contributed by atoms with Crippen molar-refractivity contribution < 1.29 is 14.3 Å². The number of carbonyl (C=O) groups is 2. The van der Waals surface area contributed by atoms with Crippen LogP contribution in [0.5, 0.6) is 0 Å². The molecule has 3 aromatic carbocycles. The van der Waals surface area contributed by atoms with E-state index in [2.05, 4.69) is 6.07 Å². The van der Waals surface area contributed by atoms with Gasteiger partial charge in [0.2, 0.25) is 0 Å². The molecule has 0 saturated heterocycles. The Bertz CT molecular complexity index is 1320. The second kappa shape index (κ2) is 8.29. The highest BCUT2D eigenvalue weighted by molar-refractivity contribution is 5.95. The van der Waals surface area contributed by atoms with Crippen molar-refractivity contribution >= 4 is 22.7 Å². The number of aromatic nitrogens is 1. The normalized spacial score (nSPS) is 10.6. The van der Waals surface area contributed by atoms with Gasteiger partial charge in [0.25, 0.3) is 0 Å². The smallest absolute Gasteiger partial charge is 0.338 e. The number of Topliss-reactive ketones (excluding diaryl/α,β-unsaturated/α-hetero) is 1. The van der Waals surface area contributed by atoms with Crippen LogP contribution in [0.4, 0.5) is 0 Å². The number of nitrogens with zero attached hydrogens (tertiary/aromatic N) is 2. The van der Waals surface area contributed by atoms with Crippen LogP contribution >= 0.6 is 0 Å². The van der Waals surface area contributed by atoms with Crippen molar-refractivity contribution in [1.82, 2.24) is 4.57 Å². The van der Waals surface area contributed by atoms with Gasteiger partial charge in [-0.25, -0.2) is 4.79 Å². The Balaban J connectivity index is 1.74. The molecule has 1 heterocycles. The number of hydrogen-bond donors (Lipinski definition) is 0. The van der Waals surface area contributed by atoms with Crippen molar-refractivity contribution in [3.63, 3.8) is 0 Å². The van der Waals surface area contributed by atoms with Crippen molar-refractivity contribution in [3.8, 4) is 22.9 Å². The summed E-state index contributed by atoms with van der Waals surface area (Å²) in [4.78, 5) is 23.4. The largest absolute Gasteiger partial charge is 0.462 e. The molecular weight excluding hydrogens is 388 g/mol. The fraction of sp³-hybridized carbons (Fsp3) is 0.115. The van der Waals surface area contributed by atoms with Crippen LogP contribution in [0, 0.1) is 11.3 Å². The van der Waals surface area contributed by atoms with Gasteiger partial charge in [-0.15, -0.1) is 0 Å². The zero-order chi connectivity index (χ0) is 22.0. The lowest BCUT2D eigenvalue weighted by Gasteiger charge is -2.08. The molecule has 152 valence electrons. The molecule has 0 N–H and O–H groups in total. The summed E-state index contributed by atoms with van der Waals surface area (Å²) in [5.74, 6) is -0.329. The van der Waals surface area contributed by atoms with Gasteiger partial charge in [-0.2, -0.15) is 5.26 Å². The number of benzene rings is 3. The number of hydrogen-bond acceptors (Lipinski definition) is 4. The summed E-state index contributed by atoms with van der Waals surface area (Å²) >= 11 is 0. The van der Waals surface area contributed by atoms with Gasteiger partial charge in [-0.05, 0) is 61.4 Å². The molecule has 1 aromatic heterocycles. The van der Waals surface area contributed by atoms with E-state index in [9.17, 15) is 14.9 Å². The summed E-state index contributed by atoms with van der Waals surface area (Å²) in [7, 11) is 0. The molecular formula is C26H20N2O3. The first-order valence-corrected chi connectivity index (χ1v) is 9.96. The van der Waals surface area contributed by atoms with Crippen molar-refractivity contribution in [1.29, 1.82) is 5.26 Å². The second-order valence-electron chi connectivity index (χ2n) is 7.16. The Hall–Kier alpha value is -4.17. The third-order valence-corrected chi connectivity index (χ3v) is 5.21. The number of ketones is 1. The lowest BCUT2D eigenvalue weighted by molar-refractivity contribution is 0.0526. The van der Waals surface area contributed by atoms with E-state index < -0.39 is 0 Å². The summed E-state index contributed by atoms with van der Waals surface area (Å²) in [6.07, 6.45) is 1.80. The van der Waals surface area contributed by atoms with E-state index in [1.165, 1.54) is 0 Å².